The largest absolute Gasteiger partial charge is 0.370 e. The number of benzene rings is 1. The van der Waals surface area contributed by atoms with Gasteiger partial charge in [0.05, 0.1) is 17.6 Å². The molecule has 1 aromatic carbocycles. The molecule has 1 fully saturated rings. The maximum Gasteiger partial charge on any atom is 0.233 e. The lowest BCUT2D eigenvalue weighted by Crippen LogP contribution is -2.19. The van der Waals surface area contributed by atoms with E-state index in [1.54, 1.807) is 12.3 Å². The summed E-state index contributed by atoms with van der Waals surface area (Å²) >= 11 is 0. The van der Waals surface area contributed by atoms with Gasteiger partial charge < -0.3 is 4.90 Å². The van der Waals surface area contributed by atoms with Crippen molar-refractivity contribution in [3.63, 3.8) is 0 Å². The fourth-order valence-corrected chi connectivity index (χ4v) is 4.00. The van der Waals surface area contributed by atoms with Crippen LogP contribution < -0.4 is 9.62 Å². The van der Waals surface area contributed by atoms with Crippen molar-refractivity contribution in [3.8, 4) is 0 Å². The number of aromatic nitrogens is 1. The van der Waals surface area contributed by atoms with Gasteiger partial charge in [0.15, 0.2) is 0 Å². The molecule has 24 heavy (non-hydrogen) atoms. The van der Waals surface area contributed by atoms with Crippen molar-refractivity contribution in [2.24, 2.45) is 0 Å². The Morgan fingerprint density at radius 1 is 1.04 bits per heavy atom. The molecule has 0 spiro atoms. The second-order valence-electron chi connectivity index (χ2n) is 6.11. The predicted molar refractivity (Wildman–Crippen MR) is 97.9 cm³/mol. The molecule has 0 saturated carbocycles. The molecule has 2 aromatic rings. The van der Waals surface area contributed by atoms with Gasteiger partial charge in [-0.25, -0.2) is 13.4 Å². The van der Waals surface area contributed by atoms with Gasteiger partial charge in [-0.15, -0.1) is 0 Å². The molecule has 0 aliphatic carbocycles. The summed E-state index contributed by atoms with van der Waals surface area (Å²) in [7, 11) is -3.36. The Labute approximate surface area is 143 Å². The summed E-state index contributed by atoms with van der Waals surface area (Å²) in [6, 6.07) is 13.6. The first-order chi connectivity index (χ1) is 11.6. The van der Waals surface area contributed by atoms with Crippen molar-refractivity contribution in [2.75, 3.05) is 28.5 Å². The summed E-state index contributed by atoms with van der Waals surface area (Å²) in [6.45, 7) is 2.10. The van der Waals surface area contributed by atoms with Crippen molar-refractivity contribution in [3.05, 3.63) is 54.2 Å². The molecule has 0 unspecified atom stereocenters. The molecule has 1 saturated heterocycles. The van der Waals surface area contributed by atoms with Crippen molar-refractivity contribution >= 4 is 21.5 Å². The second kappa shape index (κ2) is 7.66. The van der Waals surface area contributed by atoms with E-state index in [9.17, 15) is 8.42 Å². The van der Waals surface area contributed by atoms with E-state index in [0.29, 0.717) is 12.2 Å². The van der Waals surface area contributed by atoms with Crippen molar-refractivity contribution in [1.29, 1.82) is 0 Å². The zero-order valence-electron chi connectivity index (χ0n) is 13.7. The van der Waals surface area contributed by atoms with E-state index >= 15 is 0 Å². The lowest BCUT2D eigenvalue weighted by molar-refractivity contribution is 0.598. The van der Waals surface area contributed by atoms with Gasteiger partial charge in [-0.3, -0.25) is 4.72 Å². The predicted octanol–water partition coefficient (Wildman–Crippen LogP) is 3.06. The van der Waals surface area contributed by atoms with E-state index in [1.165, 1.54) is 12.8 Å². The van der Waals surface area contributed by atoms with Crippen LogP contribution in [0.5, 0.6) is 0 Å². The number of nitrogens with one attached hydrogen (secondary N) is 1. The number of pyridine rings is 1. The highest BCUT2D eigenvalue weighted by Gasteiger charge is 2.14. The van der Waals surface area contributed by atoms with Crippen LogP contribution >= 0.6 is 0 Å². The molecular formula is C18H23N3O2S. The lowest BCUT2D eigenvalue weighted by atomic mass is 10.1. The van der Waals surface area contributed by atoms with Gasteiger partial charge in [0.1, 0.15) is 5.82 Å². The fourth-order valence-electron chi connectivity index (χ4n) is 2.93. The van der Waals surface area contributed by atoms with Gasteiger partial charge in [-0.1, -0.05) is 30.3 Å². The summed E-state index contributed by atoms with van der Waals surface area (Å²) in [4.78, 5) is 6.51. The van der Waals surface area contributed by atoms with Gasteiger partial charge in [0, 0.05) is 13.1 Å². The number of aryl methyl sites for hydroxylation is 1. The molecule has 0 atom stereocenters. The molecule has 6 heteroatoms. The van der Waals surface area contributed by atoms with Crippen LogP contribution in [-0.4, -0.2) is 32.2 Å². The number of rotatable bonds is 7. The molecule has 0 radical (unpaired) electrons. The average molecular weight is 345 g/mol. The van der Waals surface area contributed by atoms with Gasteiger partial charge in [0.2, 0.25) is 10.0 Å². The first kappa shape index (κ1) is 16.8. The molecule has 1 N–H and O–H groups in total. The Balaban J connectivity index is 1.52. The average Bonchev–Trinajstić information content (AvgIpc) is 3.10. The zero-order valence-corrected chi connectivity index (χ0v) is 14.5. The third-order valence-corrected chi connectivity index (χ3v) is 5.55. The molecule has 2 heterocycles. The van der Waals surface area contributed by atoms with Crippen LogP contribution in [0, 0.1) is 0 Å². The Morgan fingerprint density at radius 3 is 2.46 bits per heavy atom. The summed E-state index contributed by atoms with van der Waals surface area (Å²) in [6.07, 6.45) is 5.49. The minimum Gasteiger partial charge on any atom is -0.370 e. The highest BCUT2D eigenvalue weighted by Crippen LogP contribution is 2.20. The number of nitrogens with zero attached hydrogens (tertiary/aromatic N) is 2. The zero-order chi connectivity index (χ0) is 16.8. The first-order valence-corrected chi connectivity index (χ1v) is 10.0. The maximum atomic E-state index is 12.2. The van der Waals surface area contributed by atoms with Crippen LogP contribution in [0.1, 0.15) is 24.8 Å². The lowest BCUT2D eigenvalue weighted by Gasteiger charge is -2.17. The first-order valence-electron chi connectivity index (χ1n) is 8.38. The van der Waals surface area contributed by atoms with Crippen LogP contribution in [0.15, 0.2) is 48.7 Å². The minimum atomic E-state index is -3.36. The second-order valence-corrected chi connectivity index (χ2v) is 7.95. The van der Waals surface area contributed by atoms with Crippen molar-refractivity contribution < 1.29 is 8.42 Å². The van der Waals surface area contributed by atoms with Gasteiger partial charge in [-0.05, 0) is 43.4 Å². The normalized spacial score (nSPS) is 14.8. The maximum absolute atomic E-state index is 12.2. The molecule has 1 aromatic heterocycles. The van der Waals surface area contributed by atoms with E-state index < -0.39 is 10.0 Å². The highest BCUT2D eigenvalue weighted by atomic mass is 32.2. The standard InChI is InChI=1S/C18H23N3O2S/c22-24(23,14-6-9-16-7-2-1-3-8-16)20-18-11-10-17(15-19-18)21-12-4-5-13-21/h1-3,7-8,10-11,15H,4-6,9,12-14H2,(H,19,20). The molecule has 3 rings (SSSR count). The number of hydrogen-bond donors (Lipinski definition) is 1. The molecule has 1 aliphatic heterocycles. The highest BCUT2D eigenvalue weighted by molar-refractivity contribution is 7.92. The molecular weight excluding hydrogens is 322 g/mol. The minimum absolute atomic E-state index is 0.0947. The van der Waals surface area contributed by atoms with Gasteiger partial charge in [0.25, 0.3) is 0 Å². The quantitative estimate of drug-likeness (QED) is 0.838. The molecule has 5 nitrogen and oxygen atoms in total. The Morgan fingerprint density at radius 2 is 1.79 bits per heavy atom. The third kappa shape index (κ3) is 4.71. The topological polar surface area (TPSA) is 62.3 Å². The number of hydrogen-bond acceptors (Lipinski definition) is 4. The molecule has 0 bridgehead atoms. The van der Waals surface area contributed by atoms with Crippen molar-refractivity contribution in [2.45, 2.75) is 25.7 Å². The summed E-state index contributed by atoms with van der Waals surface area (Å²) < 4.78 is 26.9. The van der Waals surface area contributed by atoms with E-state index in [1.807, 2.05) is 36.4 Å². The SMILES string of the molecule is O=S(=O)(CCCc1ccccc1)Nc1ccc(N2CCCC2)cn1. The summed E-state index contributed by atoms with van der Waals surface area (Å²) in [5.41, 5.74) is 2.21. The van der Waals surface area contributed by atoms with Crippen LogP contribution in [0.3, 0.4) is 0 Å². The molecule has 1 aliphatic rings. The molecule has 0 amide bonds. The third-order valence-electron chi connectivity index (χ3n) is 4.20. The Bertz CT molecular complexity index is 740. The number of sulfonamides is 1. The van der Waals surface area contributed by atoms with Crippen LogP contribution in [-0.2, 0) is 16.4 Å². The van der Waals surface area contributed by atoms with E-state index in [0.717, 1.165) is 30.8 Å². The molecule has 128 valence electrons. The van der Waals surface area contributed by atoms with Gasteiger partial charge >= 0.3 is 0 Å². The van der Waals surface area contributed by atoms with Crippen molar-refractivity contribution in [1.82, 2.24) is 4.98 Å². The fraction of sp³-hybridized carbons (Fsp3) is 0.389. The summed E-state index contributed by atoms with van der Waals surface area (Å²) in [5.74, 6) is 0.481. The van der Waals surface area contributed by atoms with Crippen LogP contribution in [0.4, 0.5) is 11.5 Å². The monoisotopic (exact) mass is 345 g/mol. The smallest absolute Gasteiger partial charge is 0.233 e. The Hall–Kier alpha value is -2.08. The van der Waals surface area contributed by atoms with E-state index in [4.69, 9.17) is 0 Å². The van der Waals surface area contributed by atoms with E-state index in [2.05, 4.69) is 14.6 Å². The Kier molecular flexibility index (Phi) is 5.35. The van der Waals surface area contributed by atoms with E-state index in [-0.39, 0.29) is 5.75 Å². The number of anilines is 2. The van der Waals surface area contributed by atoms with Gasteiger partial charge in [-0.2, -0.15) is 0 Å². The van der Waals surface area contributed by atoms with Crippen LogP contribution in [0.25, 0.3) is 0 Å². The van der Waals surface area contributed by atoms with Crippen LogP contribution in [0.2, 0.25) is 0 Å². The summed E-state index contributed by atoms with van der Waals surface area (Å²) in [5, 5.41) is 0.